The summed E-state index contributed by atoms with van der Waals surface area (Å²) in [5, 5.41) is 12.3. The molecular weight excluding hydrogens is 278 g/mol. The van der Waals surface area contributed by atoms with Crippen molar-refractivity contribution in [3.8, 4) is 0 Å². The smallest absolute Gasteiger partial charge is 0.241 e. The van der Waals surface area contributed by atoms with Gasteiger partial charge in [0.25, 0.3) is 0 Å². The lowest BCUT2D eigenvalue weighted by molar-refractivity contribution is 0.285. The Morgan fingerprint density at radius 3 is 2.71 bits per heavy atom. The number of hydrogen-bond donors (Lipinski definition) is 2. The Kier molecular flexibility index (Phi) is 3.95. The minimum atomic E-state index is -3.47. The maximum Gasteiger partial charge on any atom is 0.241 e. The minimum Gasteiger partial charge on any atom is -0.391 e. The molecule has 2 N–H and O–H groups in total. The standard InChI is InChI=1S/C10H11NO3S3/c12-6-9-4-10(7-16-9)17(13,14)11-5-8-2-1-3-15-8/h1-4,7,11-12H,5-6H2. The predicted molar refractivity (Wildman–Crippen MR) is 68.6 cm³/mol. The van der Waals surface area contributed by atoms with Crippen molar-refractivity contribution in [2.75, 3.05) is 0 Å². The molecule has 0 spiro atoms. The van der Waals surface area contributed by atoms with Crippen LogP contribution in [0.3, 0.4) is 0 Å². The molecule has 0 aromatic carbocycles. The van der Waals surface area contributed by atoms with Gasteiger partial charge in [0.05, 0.1) is 11.5 Å². The normalized spacial score (nSPS) is 11.8. The van der Waals surface area contributed by atoms with Crippen molar-refractivity contribution < 1.29 is 13.5 Å². The summed E-state index contributed by atoms with van der Waals surface area (Å²) in [6, 6.07) is 5.24. The van der Waals surface area contributed by atoms with E-state index >= 15 is 0 Å². The first kappa shape index (κ1) is 12.7. The maximum atomic E-state index is 11.9. The summed E-state index contributed by atoms with van der Waals surface area (Å²) in [5.41, 5.74) is 0. The van der Waals surface area contributed by atoms with Crippen LogP contribution in [0.15, 0.2) is 33.9 Å². The van der Waals surface area contributed by atoms with Gasteiger partial charge in [0, 0.05) is 21.7 Å². The molecule has 2 heterocycles. The van der Waals surface area contributed by atoms with Crippen LogP contribution in [0.1, 0.15) is 9.75 Å². The molecule has 0 saturated carbocycles. The van der Waals surface area contributed by atoms with Gasteiger partial charge >= 0.3 is 0 Å². The van der Waals surface area contributed by atoms with Crippen molar-refractivity contribution in [3.05, 3.63) is 38.7 Å². The third kappa shape index (κ3) is 3.14. The number of rotatable bonds is 5. The lowest BCUT2D eigenvalue weighted by atomic mass is 10.5. The van der Waals surface area contributed by atoms with Crippen LogP contribution in [-0.4, -0.2) is 13.5 Å². The van der Waals surface area contributed by atoms with Crippen LogP contribution in [0.5, 0.6) is 0 Å². The van der Waals surface area contributed by atoms with Gasteiger partial charge in [-0.25, -0.2) is 13.1 Å². The van der Waals surface area contributed by atoms with Crippen molar-refractivity contribution in [1.29, 1.82) is 0 Å². The van der Waals surface area contributed by atoms with E-state index in [1.807, 2.05) is 17.5 Å². The highest BCUT2D eigenvalue weighted by atomic mass is 32.2. The van der Waals surface area contributed by atoms with E-state index in [9.17, 15) is 8.42 Å². The molecule has 0 fully saturated rings. The lowest BCUT2D eigenvalue weighted by Gasteiger charge is -2.02. The van der Waals surface area contributed by atoms with Crippen LogP contribution >= 0.6 is 22.7 Å². The van der Waals surface area contributed by atoms with Crippen molar-refractivity contribution in [2.45, 2.75) is 18.0 Å². The number of thiophene rings is 2. The Bertz CT molecular complexity index is 572. The zero-order chi connectivity index (χ0) is 12.3. The summed E-state index contributed by atoms with van der Waals surface area (Å²) < 4.78 is 26.3. The van der Waals surface area contributed by atoms with E-state index in [2.05, 4.69) is 4.72 Å². The lowest BCUT2D eigenvalue weighted by Crippen LogP contribution is -2.22. The molecule has 2 aromatic heterocycles. The summed E-state index contributed by atoms with van der Waals surface area (Å²) in [5.74, 6) is 0. The van der Waals surface area contributed by atoms with Crippen LogP contribution in [0, 0.1) is 0 Å². The quantitative estimate of drug-likeness (QED) is 0.881. The number of aliphatic hydroxyl groups excluding tert-OH is 1. The Hall–Kier alpha value is -0.730. The van der Waals surface area contributed by atoms with Gasteiger partial charge in [-0.05, 0) is 17.5 Å². The number of nitrogens with one attached hydrogen (secondary N) is 1. The highest BCUT2D eigenvalue weighted by molar-refractivity contribution is 7.89. The summed E-state index contributed by atoms with van der Waals surface area (Å²) in [7, 11) is -3.47. The maximum absolute atomic E-state index is 11.9. The fourth-order valence-electron chi connectivity index (χ4n) is 1.25. The third-order valence-electron chi connectivity index (χ3n) is 2.11. The van der Waals surface area contributed by atoms with Gasteiger partial charge in [-0.1, -0.05) is 6.07 Å². The highest BCUT2D eigenvalue weighted by Crippen LogP contribution is 2.19. The van der Waals surface area contributed by atoms with Crippen molar-refractivity contribution in [3.63, 3.8) is 0 Å². The van der Waals surface area contributed by atoms with Crippen molar-refractivity contribution in [2.24, 2.45) is 0 Å². The molecule has 17 heavy (non-hydrogen) atoms. The minimum absolute atomic E-state index is 0.134. The Labute approximate surface area is 108 Å². The van der Waals surface area contributed by atoms with Crippen LogP contribution in [0.4, 0.5) is 0 Å². The molecule has 2 rings (SSSR count). The SMILES string of the molecule is O=S(=O)(NCc1cccs1)c1csc(CO)c1. The molecular formula is C10H11NO3S3. The third-order valence-corrected chi connectivity index (χ3v) is 5.44. The molecule has 0 unspecified atom stereocenters. The molecule has 0 aliphatic heterocycles. The molecule has 0 radical (unpaired) electrons. The largest absolute Gasteiger partial charge is 0.391 e. The molecule has 7 heteroatoms. The number of aliphatic hydroxyl groups is 1. The molecule has 0 atom stereocenters. The van der Waals surface area contributed by atoms with Crippen LogP contribution in [0.2, 0.25) is 0 Å². The van der Waals surface area contributed by atoms with E-state index in [4.69, 9.17) is 5.11 Å². The summed E-state index contributed by atoms with van der Waals surface area (Å²) in [6.45, 7) is 0.162. The summed E-state index contributed by atoms with van der Waals surface area (Å²) in [4.78, 5) is 1.82. The fourth-order valence-corrected chi connectivity index (χ4v) is 4.12. The Morgan fingerprint density at radius 2 is 2.12 bits per heavy atom. The molecule has 0 aliphatic carbocycles. The molecule has 0 saturated heterocycles. The molecule has 92 valence electrons. The molecule has 0 bridgehead atoms. The monoisotopic (exact) mass is 289 g/mol. The van der Waals surface area contributed by atoms with E-state index in [-0.39, 0.29) is 11.5 Å². The highest BCUT2D eigenvalue weighted by Gasteiger charge is 2.15. The predicted octanol–water partition coefficient (Wildman–Crippen LogP) is 1.78. The second kappa shape index (κ2) is 5.28. The molecule has 2 aromatic rings. The zero-order valence-corrected chi connectivity index (χ0v) is 11.2. The summed E-state index contributed by atoms with van der Waals surface area (Å²) >= 11 is 2.74. The molecule has 0 amide bonds. The van der Waals surface area contributed by atoms with Crippen molar-refractivity contribution >= 4 is 32.7 Å². The Morgan fingerprint density at radius 1 is 1.29 bits per heavy atom. The number of sulfonamides is 1. The fraction of sp³-hybridized carbons (Fsp3) is 0.200. The molecule has 4 nitrogen and oxygen atoms in total. The van der Waals surface area contributed by atoms with Gasteiger partial charge in [0.1, 0.15) is 0 Å². The van der Waals surface area contributed by atoms with Crippen molar-refractivity contribution in [1.82, 2.24) is 4.72 Å². The van der Waals surface area contributed by atoms with Gasteiger partial charge in [0.15, 0.2) is 0 Å². The first-order valence-electron chi connectivity index (χ1n) is 4.82. The topological polar surface area (TPSA) is 66.4 Å². The van der Waals surface area contributed by atoms with Crippen LogP contribution in [0.25, 0.3) is 0 Å². The average Bonchev–Trinajstić information content (AvgIpc) is 2.98. The van der Waals surface area contributed by atoms with E-state index in [1.54, 1.807) is 0 Å². The number of hydrogen-bond acceptors (Lipinski definition) is 5. The Balaban J connectivity index is 2.08. The average molecular weight is 289 g/mol. The zero-order valence-electron chi connectivity index (χ0n) is 8.79. The van der Waals surface area contributed by atoms with Gasteiger partial charge in [-0.2, -0.15) is 0 Å². The summed E-state index contributed by atoms with van der Waals surface area (Å²) in [6.07, 6.45) is 0. The van der Waals surface area contributed by atoms with Gasteiger partial charge < -0.3 is 5.11 Å². The van der Waals surface area contributed by atoms with Gasteiger partial charge in [-0.3, -0.25) is 0 Å². The van der Waals surface area contributed by atoms with E-state index in [0.29, 0.717) is 11.4 Å². The van der Waals surface area contributed by atoms with Gasteiger partial charge in [0.2, 0.25) is 10.0 Å². The van der Waals surface area contributed by atoms with E-state index < -0.39 is 10.0 Å². The second-order valence-electron chi connectivity index (χ2n) is 3.31. The second-order valence-corrected chi connectivity index (χ2v) is 7.11. The van der Waals surface area contributed by atoms with Crippen LogP contribution in [-0.2, 0) is 23.2 Å². The van der Waals surface area contributed by atoms with E-state index in [1.165, 1.54) is 34.1 Å². The first-order chi connectivity index (χ1) is 8.12. The van der Waals surface area contributed by atoms with Crippen LogP contribution < -0.4 is 4.72 Å². The first-order valence-corrected chi connectivity index (χ1v) is 8.06. The molecule has 0 aliphatic rings. The van der Waals surface area contributed by atoms with E-state index in [0.717, 1.165) is 4.88 Å². The van der Waals surface area contributed by atoms with Gasteiger partial charge in [-0.15, -0.1) is 22.7 Å².